The molecule has 0 bridgehead atoms. The monoisotopic (exact) mass is 322 g/mol. The van der Waals surface area contributed by atoms with Gasteiger partial charge in [-0.15, -0.1) is 0 Å². The fourth-order valence-corrected chi connectivity index (χ4v) is 3.79. The van der Waals surface area contributed by atoms with E-state index in [1.165, 1.54) is 5.56 Å². The normalized spacial score (nSPS) is 20.5. The van der Waals surface area contributed by atoms with Crippen LogP contribution in [0, 0.1) is 0 Å². The maximum atomic E-state index is 12.8. The zero-order chi connectivity index (χ0) is 16.5. The number of carbonyl (C=O) groups excluding carboxylic acids is 1. The Morgan fingerprint density at radius 1 is 1.17 bits per heavy atom. The van der Waals surface area contributed by atoms with Crippen LogP contribution in [0.2, 0.25) is 0 Å². The molecule has 3 heterocycles. The van der Waals surface area contributed by atoms with Gasteiger partial charge in [-0.25, -0.2) is 0 Å². The van der Waals surface area contributed by atoms with Gasteiger partial charge < -0.3 is 9.64 Å². The van der Waals surface area contributed by atoms with Crippen LogP contribution in [0.25, 0.3) is 0 Å². The van der Waals surface area contributed by atoms with Crippen molar-refractivity contribution in [2.45, 2.75) is 38.2 Å². The topological polar surface area (TPSA) is 42.4 Å². The fraction of sp³-hybridized carbons (Fsp3) is 0.400. The van der Waals surface area contributed by atoms with Crippen LogP contribution in [-0.4, -0.2) is 35.0 Å². The highest BCUT2D eigenvalue weighted by Gasteiger charge is 2.26. The number of pyridine rings is 1. The van der Waals surface area contributed by atoms with E-state index in [1.54, 1.807) is 0 Å². The lowest BCUT2D eigenvalue weighted by atomic mass is 9.90. The van der Waals surface area contributed by atoms with E-state index in [0.29, 0.717) is 5.92 Å². The minimum Gasteiger partial charge on any atom is -0.490 e. The number of ether oxygens (including phenoxy) is 1. The van der Waals surface area contributed by atoms with Crippen LogP contribution < -0.4 is 4.74 Å². The van der Waals surface area contributed by atoms with E-state index >= 15 is 0 Å². The number of hydrogen-bond acceptors (Lipinski definition) is 3. The number of benzene rings is 1. The van der Waals surface area contributed by atoms with Gasteiger partial charge in [0.2, 0.25) is 0 Å². The highest BCUT2D eigenvalue weighted by Crippen LogP contribution is 2.31. The molecule has 0 radical (unpaired) electrons. The van der Waals surface area contributed by atoms with Gasteiger partial charge in [-0.1, -0.05) is 0 Å². The van der Waals surface area contributed by atoms with Gasteiger partial charge in [0.05, 0.1) is 0 Å². The molecule has 2 aliphatic heterocycles. The highest BCUT2D eigenvalue weighted by molar-refractivity contribution is 5.94. The van der Waals surface area contributed by atoms with E-state index in [-0.39, 0.29) is 12.0 Å². The predicted octanol–water partition coefficient (Wildman–Crippen LogP) is 3.42. The molecule has 1 fully saturated rings. The molecule has 4 heteroatoms. The Labute approximate surface area is 142 Å². The van der Waals surface area contributed by atoms with Crippen LogP contribution in [0.4, 0.5) is 0 Å². The maximum Gasteiger partial charge on any atom is 0.253 e. The summed E-state index contributed by atoms with van der Waals surface area (Å²) in [6, 6.07) is 10.0. The van der Waals surface area contributed by atoms with Gasteiger partial charge in [0.1, 0.15) is 11.9 Å². The van der Waals surface area contributed by atoms with Gasteiger partial charge >= 0.3 is 0 Å². The molecule has 124 valence electrons. The Morgan fingerprint density at radius 2 is 1.92 bits per heavy atom. The average molecular weight is 322 g/mol. The first-order valence-corrected chi connectivity index (χ1v) is 8.69. The van der Waals surface area contributed by atoms with E-state index in [2.05, 4.69) is 24.0 Å². The Morgan fingerprint density at radius 3 is 2.67 bits per heavy atom. The lowest BCUT2D eigenvalue weighted by Gasteiger charge is -2.32. The minimum atomic E-state index is 0.144. The first-order chi connectivity index (χ1) is 11.7. The highest BCUT2D eigenvalue weighted by atomic mass is 16.5. The van der Waals surface area contributed by atoms with E-state index in [0.717, 1.165) is 49.2 Å². The van der Waals surface area contributed by atoms with Gasteiger partial charge in [0.15, 0.2) is 0 Å². The van der Waals surface area contributed by atoms with Gasteiger partial charge in [-0.3, -0.25) is 9.78 Å². The summed E-state index contributed by atoms with van der Waals surface area (Å²) in [7, 11) is 0. The molecule has 24 heavy (non-hydrogen) atoms. The van der Waals surface area contributed by atoms with Crippen LogP contribution in [0.3, 0.4) is 0 Å². The third-order valence-electron chi connectivity index (χ3n) is 5.10. The number of amides is 1. The van der Waals surface area contributed by atoms with Crippen molar-refractivity contribution in [3.8, 4) is 5.75 Å². The molecule has 1 saturated heterocycles. The summed E-state index contributed by atoms with van der Waals surface area (Å²) < 4.78 is 5.72. The number of piperidine rings is 1. The molecule has 0 spiro atoms. The first kappa shape index (κ1) is 15.2. The van der Waals surface area contributed by atoms with E-state index in [1.807, 2.05) is 35.5 Å². The van der Waals surface area contributed by atoms with Crippen molar-refractivity contribution >= 4 is 5.91 Å². The number of nitrogens with zero attached hydrogens (tertiary/aromatic N) is 2. The number of aromatic nitrogens is 1. The van der Waals surface area contributed by atoms with Gasteiger partial charge in [-0.2, -0.15) is 0 Å². The summed E-state index contributed by atoms with van der Waals surface area (Å²) in [5.74, 6) is 1.60. The Kier molecular flexibility index (Phi) is 3.97. The average Bonchev–Trinajstić information content (AvgIpc) is 3.01. The third kappa shape index (κ3) is 2.88. The number of fused-ring (bicyclic) bond motifs is 1. The molecular weight excluding hydrogens is 300 g/mol. The minimum absolute atomic E-state index is 0.144. The number of carbonyl (C=O) groups is 1. The summed E-state index contributed by atoms with van der Waals surface area (Å²) in [6.07, 6.45) is 6.82. The van der Waals surface area contributed by atoms with Gasteiger partial charge in [0.25, 0.3) is 5.91 Å². The van der Waals surface area contributed by atoms with Gasteiger partial charge in [-0.05, 0) is 67.1 Å². The summed E-state index contributed by atoms with van der Waals surface area (Å²) in [5.41, 5.74) is 3.27. The molecule has 0 aliphatic carbocycles. The smallest absolute Gasteiger partial charge is 0.253 e. The zero-order valence-electron chi connectivity index (χ0n) is 13.9. The van der Waals surface area contributed by atoms with Crippen molar-refractivity contribution in [3.63, 3.8) is 0 Å². The second-order valence-electron chi connectivity index (χ2n) is 6.80. The number of rotatable bonds is 2. The van der Waals surface area contributed by atoms with E-state index in [4.69, 9.17) is 4.74 Å². The zero-order valence-corrected chi connectivity index (χ0v) is 13.9. The summed E-state index contributed by atoms with van der Waals surface area (Å²) in [5, 5.41) is 0. The van der Waals surface area contributed by atoms with Crippen molar-refractivity contribution in [2.24, 2.45) is 0 Å². The molecule has 1 aromatic carbocycles. The molecule has 0 N–H and O–H groups in total. The van der Waals surface area contributed by atoms with Crippen LogP contribution >= 0.6 is 0 Å². The third-order valence-corrected chi connectivity index (χ3v) is 5.10. The molecule has 1 amide bonds. The van der Waals surface area contributed by atoms with Gasteiger partial charge in [0, 0.05) is 37.5 Å². The van der Waals surface area contributed by atoms with Crippen LogP contribution in [0.15, 0.2) is 42.7 Å². The standard InChI is InChI=1S/C20H22N2O2/c1-14-12-18-13-17(2-3-19(18)24-14)20(23)22-10-6-16(7-11-22)15-4-8-21-9-5-15/h2-5,8-9,13-14,16H,6-7,10-12H2,1H3. The number of hydrogen-bond donors (Lipinski definition) is 0. The molecule has 1 atom stereocenters. The Bertz CT molecular complexity index is 737. The van der Waals surface area contributed by atoms with Crippen molar-refractivity contribution in [2.75, 3.05) is 13.1 Å². The van der Waals surface area contributed by atoms with Crippen LogP contribution in [-0.2, 0) is 6.42 Å². The largest absolute Gasteiger partial charge is 0.490 e. The van der Waals surface area contributed by atoms with Crippen molar-refractivity contribution in [1.29, 1.82) is 0 Å². The molecule has 4 nitrogen and oxygen atoms in total. The van der Waals surface area contributed by atoms with Crippen LogP contribution in [0.1, 0.15) is 47.2 Å². The summed E-state index contributed by atoms with van der Waals surface area (Å²) >= 11 is 0. The maximum absolute atomic E-state index is 12.8. The molecule has 1 aromatic heterocycles. The van der Waals surface area contributed by atoms with Crippen molar-refractivity contribution < 1.29 is 9.53 Å². The quantitative estimate of drug-likeness (QED) is 0.851. The second-order valence-corrected chi connectivity index (χ2v) is 6.80. The van der Waals surface area contributed by atoms with Crippen LogP contribution in [0.5, 0.6) is 5.75 Å². The fourth-order valence-electron chi connectivity index (χ4n) is 3.79. The van der Waals surface area contributed by atoms with E-state index < -0.39 is 0 Å². The first-order valence-electron chi connectivity index (χ1n) is 8.69. The lowest BCUT2D eigenvalue weighted by Crippen LogP contribution is -2.37. The second kappa shape index (κ2) is 6.27. The molecular formula is C20H22N2O2. The summed E-state index contributed by atoms with van der Waals surface area (Å²) in [4.78, 5) is 18.9. The Hall–Kier alpha value is -2.36. The van der Waals surface area contributed by atoms with Crippen molar-refractivity contribution in [1.82, 2.24) is 9.88 Å². The molecule has 4 rings (SSSR count). The SMILES string of the molecule is CC1Cc2cc(C(=O)N3CCC(c4ccncc4)CC3)ccc2O1. The molecule has 2 aromatic rings. The summed E-state index contributed by atoms with van der Waals surface area (Å²) in [6.45, 7) is 3.69. The molecule has 0 saturated carbocycles. The lowest BCUT2D eigenvalue weighted by molar-refractivity contribution is 0.0713. The van der Waals surface area contributed by atoms with Crippen molar-refractivity contribution in [3.05, 3.63) is 59.4 Å². The van der Waals surface area contributed by atoms with E-state index in [9.17, 15) is 4.79 Å². The molecule has 1 unspecified atom stereocenters. The molecule has 2 aliphatic rings. The number of likely N-dealkylation sites (tertiary alicyclic amines) is 1. The Balaban J connectivity index is 1.43. The predicted molar refractivity (Wildman–Crippen MR) is 92.4 cm³/mol.